The third kappa shape index (κ3) is 4.00. The van der Waals surface area contributed by atoms with E-state index in [0.29, 0.717) is 55.0 Å². The van der Waals surface area contributed by atoms with Crippen LogP contribution in [0.1, 0.15) is 12.0 Å². The third-order valence-corrected chi connectivity index (χ3v) is 8.01. The molecule has 0 unspecified atom stereocenters. The highest BCUT2D eigenvalue weighted by Crippen LogP contribution is 2.34. The van der Waals surface area contributed by atoms with Crippen LogP contribution >= 0.6 is 11.6 Å². The Labute approximate surface area is 191 Å². The Morgan fingerprint density at radius 2 is 1.66 bits per heavy atom. The van der Waals surface area contributed by atoms with E-state index < -0.39 is 16.1 Å². The maximum Gasteiger partial charge on any atom is 0.264 e. The van der Waals surface area contributed by atoms with Gasteiger partial charge in [-0.15, -0.1) is 0 Å². The van der Waals surface area contributed by atoms with Gasteiger partial charge in [0.25, 0.3) is 5.91 Å². The van der Waals surface area contributed by atoms with E-state index in [4.69, 9.17) is 25.8 Å². The first-order chi connectivity index (χ1) is 15.4. The van der Waals surface area contributed by atoms with E-state index >= 15 is 0 Å². The summed E-state index contributed by atoms with van der Waals surface area (Å²) in [5.41, 5.74) is 0.909. The topological polar surface area (TPSA) is 85.4 Å². The van der Waals surface area contributed by atoms with E-state index in [1.165, 1.54) is 16.4 Å². The second-order valence-corrected chi connectivity index (χ2v) is 10.3. The zero-order chi connectivity index (χ0) is 22.3. The Morgan fingerprint density at radius 1 is 0.938 bits per heavy atom. The summed E-state index contributed by atoms with van der Waals surface area (Å²) >= 11 is 6.03. The third-order valence-electron chi connectivity index (χ3n) is 5.88. The minimum Gasteiger partial charge on any atom is -0.490 e. The first-order valence-electron chi connectivity index (χ1n) is 10.6. The summed E-state index contributed by atoms with van der Waals surface area (Å²) in [5.74, 6) is 1.53. The van der Waals surface area contributed by atoms with Gasteiger partial charge in [-0.3, -0.25) is 4.79 Å². The fourth-order valence-electron chi connectivity index (χ4n) is 4.16. The van der Waals surface area contributed by atoms with E-state index in [2.05, 4.69) is 0 Å². The van der Waals surface area contributed by atoms with Crippen LogP contribution in [0.3, 0.4) is 0 Å². The molecule has 0 saturated carbocycles. The van der Waals surface area contributed by atoms with Crippen LogP contribution in [0.2, 0.25) is 5.02 Å². The molecule has 170 valence electrons. The summed E-state index contributed by atoms with van der Waals surface area (Å²) in [6.07, 6.45) is 0.605. The molecule has 0 radical (unpaired) electrons. The average Bonchev–Trinajstić information content (AvgIpc) is 3.07. The van der Waals surface area contributed by atoms with Crippen LogP contribution in [0.4, 0.5) is 0 Å². The largest absolute Gasteiger partial charge is 0.490 e. The number of benzene rings is 2. The Balaban J connectivity index is 1.24. The van der Waals surface area contributed by atoms with E-state index in [0.717, 1.165) is 12.0 Å². The molecule has 0 aromatic heterocycles. The lowest BCUT2D eigenvalue weighted by Gasteiger charge is -2.35. The highest BCUT2D eigenvalue weighted by molar-refractivity contribution is 7.89. The van der Waals surface area contributed by atoms with Gasteiger partial charge < -0.3 is 19.1 Å². The van der Waals surface area contributed by atoms with Crippen LogP contribution in [0.25, 0.3) is 0 Å². The predicted molar refractivity (Wildman–Crippen MR) is 117 cm³/mol. The molecule has 1 saturated heterocycles. The summed E-state index contributed by atoms with van der Waals surface area (Å²) in [5, 5.41) is 0.606. The highest BCUT2D eigenvalue weighted by Gasteiger charge is 2.36. The zero-order valence-corrected chi connectivity index (χ0v) is 18.9. The summed E-state index contributed by atoms with van der Waals surface area (Å²) in [4.78, 5) is 14.8. The van der Waals surface area contributed by atoms with Gasteiger partial charge in [-0.25, -0.2) is 8.42 Å². The number of fused-ring (bicyclic) bond motifs is 2. The van der Waals surface area contributed by atoms with Gasteiger partial charge in [0.1, 0.15) is 5.75 Å². The molecule has 8 nitrogen and oxygen atoms in total. The molecule has 2 aromatic carbocycles. The molecule has 10 heteroatoms. The molecule has 0 N–H and O–H groups in total. The number of hydrogen-bond donors (Lipinski definition) is 0. The Hall–Kier alpha value is -2.49. The van der Waals surface area contributed by atoms with Crippen molar-refractivity contribution in [3.05, 3.63) is 47.0 Å². The van der Waals surface area contributed by atoms with Crippen molar-refractivity contribution in [2.24, 2.45) is 0 Å². The number of amides is 1. The van der Waals surface area contributed by atoms with Gasteiger partial charge in [-0.05, 0) is 35.9 Å². The van der Waals surface area contributed by atoms with Crippen molar-refractivity contribution in [3.63, 3.8) is 0 Å². The molecule has 0 bridgehead atoms. The quantitative estimate of drug-likeness (QED) is 0.673. The van der Waals surface area contributed by atoms with Crippen LogP contribution in [0.5, 0.6) is 17.2 Å². The number of sulfonamides is 1. The number of nitrogens with zero attached hydrogens (tertiary/aromatic N) is 2. The molecule has 2 aromatic rings. The lowest BCUT2D eigenvalue weighted by molar-refractivity contribution is -0.139. The van der Waals surface area contributed by atoms with Crippen molar-refractivity contribution in [1.29, 1.82) is 0 Å². The molecule has 3 heterocycles. The molecule has 1 fully saturated rings. The number of carbonyl (C=O) groups excluding carboxylic acids is 1. The van der Waals surface area contributed by atoms with Gasteiger partial charge in [-0.1, -0.05) is 11.6 Å². The molecule has 3 aliphatic heterocycles. The van der Waals surface area contributed by atoms with Gasteiger partial charge in [-0.2, -0.15) is 4.31 Å². The average molecular weight is 479 g/mol. The number of hydrogen-bond acceptors (Lipinski definition) is 6. The molecular formula is C22H23ClN2O6S. The normalized spacial score (nSPS) is 20.9. The maximum absolute atomic E-state index is 13.2. The van der Waals surface area contributed by atoms with Crippen molar-refractivity contribution in [3.8, 4) is 17.2 Å². The summed E-state index contributed by atoms with van der Waals surface area (Å²) in [6, 6.07) is 10.00. The minimum atomic E-state index is -3.71. The SMILES string of the molecule is O=C([C@H]1Cc2cc(Cl)ccc2O1)N1CCN(S(=O)(=O)c2ccc3c(c2)OCCCO3)CC1. The van der Waals surface area contributed by atoms with Gasteiger partial charge in [0, 0.05) is 50.1 Å². The van der Waals surface area contributed by atoms with Gasteiger partial charge in [0.2, 0.25) is 10.0 Å². The first-order valence-corrected chi connectivity index (χ1v) is 12.4. The molecule has 1 amide bonds. The summed E-state index contributed by atoms with van der Waals surface area (Å²) in [7, 11) is -3.71. The summed E-state index contributed by atoms with van der Waals surface area (Å²) < 4.78 is 44.7. The van der Waals surface area contributed by atoms with Crippen LogP contribution in [0.15, 0.2) is 41.3 Å². The number of halogens is 1. The van der Waals surface area contributed by atoms with Crippen molar-refractivity contribution in [2.45, 2.75) is 23.8 Å². The zero-order valence-electron chi connectivity index (χ0n) is 17.3. The lowest BCUT2D eigenvalue weighted by Crippen LogP contribution is -2.53. The van der Waals surface area contributed by atoms with Crippen molar-refractivity contribution >= 4 is 27.5 Å². The van der Waals surface area contributed by atoms with Crippen LogP contribution in [0, 0.1) is 0 Å². The van der Waals surface area contributed by atoms with Crippen LogP contribution in [-0.4, -0.2) is 69.0 Å². The van der Waals surface area contributed by atoms with Gasteiger partial charge in [0.15, 0.2) is 17.6 Å². The lowest BCUT2D eigenvalue weighted by atomic mass is 10.1. The molecule has 3 aliphatic rings. The fourth-order valence-corrected chi connectivity index (χ4v) is 5.79. The van der Waals surface area contributed by atoms with Crippen molar-refractivity contribution in [2.75, 3.05) is 39.4 Å². The predicted octanol–water partition coefficient (Wildman–Crippen LogP) is 2.34. The van der Waals surface area contributed by atoms with E-state index in [9.17, 15) is 13.2 Å². The van der Waals surface area contributed by atoms with E-state index in [-0.39, 0.29) is 23.9 Å². The van der Waals surface area contributed by atoms with Gasteiger partial charge >= 0.3 is 0 Å². The minimum absolute atomic E-state index is 0.134. The molecule has 0 spiro atoms. The Morgan fingerprint density at radius 3 is 2.44 bits per heavy atom. The second kappa shape index (κ2) is 8.46. The number of piperazine rings is 1. The Kier molecular flexibility index (Phi) is 5.65. The first kappa shape index (κ1) is 21.4. The number of ether oxygens (including phenoxy) is 3. The molecule has 5 rings (SSSR count). The van der Waals surface area contributed by atoms with Crippen molar-refractivity contribution < 1.29 is 27.4 Å². The monoisotopic (exact) mass is 478 g/mol. The molecular weight excluding hydrogens is 456 g/mol. The van der Waals surface area contributed by atoms with Crippen molar-refractivity contribution in [1.82, 2.24) is 9.21 Å². The van der Waals surface area contributed by atoms with Crippen LogP contribution in [-0.2, 0) is 21.2 Å². The van der Waals surface area contributed by atoms with Crippen LogP contribution < -0.4 is 14.2 Å². The Bertz CT molecular complexity index is 1150. The molecule has 0 aliphatic carbocycles. The second-order valence-electron chi connectivity index (χ2n) is 7.95. The van der Waals surface area contributed by atoms with E-state index in [1.54, 1.807) is 23.1 Å². The molecule has 1 atom stereocenters. The number of carbonyl (C=O) groups is 1. The smallest absolute Gasteiger partial charge is 0.264 e. The highest BCUT2D eigenvalue weighted by atomic mass is 35.5. The maximum atomic E-state index is 13.2. The standard InChI is InChI=1S/C22H23ClN2O6S/c23-16-2-4-18-15(12-16)13-21(31-18)22(26)24-6-8-25(9-7-24)32(27,28)17-3-5-19-20(14-17)30-11-1-10-29-19/h2-5,12,14,21H,1,6-11,13H2/t21-/m1/s1. The van der Waals surface area contributed by atoms with E-state index in [1.807, 2.05) is 6.07 Å². The van der Waals surface area contributed by atoms with Gasteiger partial charge in [0.05, 0.1) is 18.1 Å². The molecule has 32 heavy (non-hydrogen) atoms. The number of rotatable bonds is 3. The fraction of sp³-hybridized carbons (Fsp3) is 0.409. The summed E-state index contributed by atoms with van der Waals surface area (Å²) in [6.45, 7) is 2.07.